The van der Waals surface area contributed by atoms with E-state index in [0.717, 1.165) is 25.0 Å². The highest BCUT2D eigenvalue weighted by Gasteiger charge is 2.36. The molecule has 0 spiro atoms. The molecule has 0 aliphatic carbocycles. The van der Waals surface area contributed by atoms with Crippen molar-refractivity contribution in [2.45, 2.75) is 51.6 Å². The van der Waals surface area contributed by atoms with Crippen LogP contribution in [-0.4, -0.2) is 57.5 Å². The molecule has 2 saturated heterocycles. The average Bonchev–Trinajstić information content (AvgIpc) is 2.96. The molecular weight excluding hydrogens is 310 g/mol. The SMILES string of the molecule is Cc1c(C(=O)N2CCC(C)CC2C(=O)O)cnn1C1CCOCC1. The predicted octanol–water partition coefficient (Wildman–Crippen LogP) is 1.87. The zero-order valence-corrected chi connectivity index (χ0v) is 14.3. The molecule has 1 amide bonds. The van der Waals surface area contributed by atoms with E-state index in [1.54, 1.807) is 6.20 Å². The van der Waals surface area contributed by atoms with Gasteiger partial charge >= 0.3 is 5.97 Å². The van der Waals surface area contributed by atoms with Crippen molar-refractivity contribution in [1.29, 1.82) is 0 Å². The monoisotopic (exact) mass is 335 g/mol. The van der Waals surface area contributed by atoms with E-state index in [4.69, 9.17) is 4.74 Å². The topological polar surface area (TPSA) is 84.7 Å². The number of hydrogen-bond donors (Lipinski definition) is 1. The lowest BCUT2D eigenvalue weighted by molar-refractivity contribution is -0.144. The lowest BCUT2D eigenvalue weighted by Gasteiger charge is -2.36. The van der Waals surface area contributed by atoms with Crippen LogP contribution in [0.4, 0.5) is 0 Å². The van der Waals surface area contributed by atoms with E-state index >= 15 is 0 Å². The largest absolute Gasteiger partial charge is 0.480 e. The van der Waals surface area contributed by atoms with Crippen LogP contribution in [-0.2, 0) is 9.53 Å². The third kappa shape index (κ3) is 3.17. The molecule has 7 nitrogen and oxygen atoms in total. The normalized spacial score (nSPS) is 25.7. The average molecular weight is 335 g/mol. The number of aliphatic carboxylic acids is 1. The molecular formula is C17H25N3O4. The molecule has 2 aliphatic heterocycles. The van der Waals surface area contributed by atoms with Crippen molar-refractivity contribution in [3.63, 3.8) is 0 Å². The molecule has 24 heavy (non-hydrogen) atoms. The van der Waals surface area contributed by atoms with Crippen molar-refractivity contribution in [3.05, 3.63) is 17.5 Å². The molecule has 1 N–H and O–H groups in total. The maximum absolute atomic E-state index is 12.9. The van der Waals surface area contributed by atoms with Crippen molar-refractivity contribution < 1.29 is 19.4 Å². The van der Waals surface area contributed by atoms with Gasteiger partial charge in [-0.3, -0.25) is 9.48 Å². The van der Waals surface area contributed by atoms with Gasteiger partial charge in [-0.1, -0.05) is 6.92 Å². The molecule has 2 atom stereocenters. The molecule has 1 aromatic rings. The number of carboxylic acids is 1. The standard InChI is InChI=1S/C17H25N3O4/c1-11-3-6-19(15(9-11)17(22)23)16(21)14-10-18-20(12(14)2)13-4-7-24-8-5-13/h10-11,13,15H,3-9H2,1-2H3,(H,22,23). The van der Waals surface area contributed by atoms with Crippen LogP contribution in [0.25, 0.3) is 0 Å². The smallest absolute Gasteiger partial charge is 0.326 e. The number of likely N-dealkylation sites (tertiary alicyclic amines) is 1. The molecule has 0 radical (unpaired) electrons. The maximum Gasteiger partial charge on any atom is 0.326 e. The summed E-state index contributed by atoms with van der Waals surface area (Å²) in [4.78, 5) is 26.0. The van der Waals surface area contributed by atoms with Crippen LogP contribution in [0.5, 0.6) is 0 Å². The van der Waals surface area contributed by atoms with E-state index in [1.165, 1.54) is 4.90 Å². The number of ether oxygens (including phenoxy) is 1. The Kier molecular flexibility index (Phi) is 4.89. The van der Waals surface area contributed by atoms with Crippen molar-refractivity contribution >= 4 is 11.9 Å². The molecule has 3 heterocycles. The fraction of sp³-hybridized carbons (Fsp3) is 0.706. The Hall–Kier alpha value is -1.89. The fourth-order valence-corrected chi connectivity index (χ4v) is 3.70. The number of piperidine rings is 1. The highest BCUT2D eigenvalue weighted by Crippen LogP contribution is 2.27. The Morgan fingerprint density at radius 3 is 2.67 bits per heavy atom. The first-order valence-corrected chi connectivity index (χ1v) is 8.64. The number of hydrogen-bond acceptors (Lipinski definition) is 4. The summed E-state index contributed by atoms with van der Waals surface area (Å²) in [6, 6.07) is -0.496. The molecule has 0 aromatic carbocycles. The number of carboxylic acid groups (broad SMARTS) is 1. The zero-order valence-electron chi connectivity index (χ0n) is 14.3. The second kappa shape index (κ2) is 6.93. The first kappa shape index (κ1) is 17.0. The molecule has 0 saturated carbocycles. The first-order chi connectivity index (χ1) is 11.5. The van der Waals surface area contributed by atoms with Gasteiger partial charge in [-0.25, -0.2) is 4.79 Å². The van der Waals surface area contributed by atoms with Crippen molar-refractivity contribution in [2.75, 3.05) is 19.8 Å². The van der Waals surface area contributed by atoms with Crippen molar-refractivity contribution in [2.24, 2.45) is 5.92 Å². The summed E-state index contributed by atoms with van der Waals surface area (Å²) in [5.41, 5.74) is 1.33. The summed E-state index contributed by atoms with van der Waals surface area (Å²) in [6.45, 7) is 5.82. The van der Waals surface area contributed by atoms with Crippen LogP contribution in [0.2, 0.25) is 0 Å². The minimum absolute atomic E-state index is 0.217. The van der Waals surface area contributed by atoms with Gasteiger partial charge in [0.2, 0.25) is 0 Å². The third-order valence-electron chi connectivity index (χ3n) is 5.22. The Labute approximate surface area is 141 Å². The molecule has 132 valence electrons. The van der Waals surface area contributed by atoms with Crippen molar-refractivity contribution in [1.82, 2.24) is 14.7 Å². The summed E-state index contributed by atoms with van der Waals surface area (Å²) in [5.74, 6) is -0.823. The van der Waals surface area contributed by atoms with Gasteiger partial charge in [-0.05, 0) is 38.5 Å². The predicted molar refractivity (Wildman–Crippen MR) is 86.9 cm³/mol. The molecule has 2 unspecified atom stereocenters. The lowest BCUT2D eigenvalue weighted by atomic mass is 9.92. The van der Waals surface area contributed by atoms with Gasteiger partial charge < -0.3 is 14.7 Å². The summed E-state index contributed by atoms with van der Waals surface area (Å²) in [5, 5.41) is 13.9. The Balaban J connectivity index is 1.81. The van der Waals surface area contributed by atoms with Crippen LogP contribution in [0.1, 0.15) is 54.7 Å². The number of carbonyl (C=O) groups excluding carboxylic acids is 1. The van der Waals surface area contributed by atoms with Gasteiger partial charge in [0.25, 0.3) is 5.91 Å². The van der Waals surface area contributed by atoms with Crippen LogP contribution in [0, 0.1) is 12.8 Å². The molecule has 3 rings (SSSR count). The van der Waals surface area contributed by atoms with Gasteiger partial charge in [0, 0.05) is 25.5 Å². The van der Waals surface area contributed by atoms with Gasteiger partial charge in [-0.15, -0.1) is 0 Å². The van der Waals surface area contributed by atoms with Crippen LogP contribution >= 0.6 is 0 Å². The first-order valence-electron chi connectivity index (χ1n) is 8.64. The summed E-state index contributed by atoms with van der Waals surface area (Å²) in [7, 11) is 0. The Bertz CT molecular complexity index is 621. The molecule has 2 fully saturated rings. The molecule has 0 bridgehead atoms. The van der Waals surface area contributed by atoms with Gasteiger partial charge in [0.15, 0.2) is 0 Å². The van der Waals surface area contributed by atoms with Gasteiger partial charge in [-0.2, -0.15) is 5.10 Å². The van der Waals surface area contributed by atoms with E-state index in [-0.39, 0.29) is 11.9 Å². The number of aromatic nitrogens is 2. The van der Waals surface area contributed by atoms with Crippen molar-refractivity contribution in [3.8, 4) is 0 Å². The van der Waals surface area contributed by atoms with E-state index in [0.29, 0.717) is 37.7 Å². The highest BCUT2D eigenvalue weighted by molar-refractivity contribution is 5.97. The Morgan fingerprint density at radius 2 is 2.00 bits per heavy atom. The summed E-state index contributed by atoms with van der Waals surface area (Å²) in [6.07, 6.45) is 4.70. The van der Waals surface area contributed by atoms with E-state index in [1.807, 2.05) is 18.5 Å². The maximum atomic E-state index is 12.9. The Morgan fingerprint density at radius 1 is 1.29 bits per heavy atom. The summed E-state index contributed by atoms with van der Waals surface area (Å²) >= 11 is 0. The van der Waals surface area contributed by atoms with Crippen LogP contribution in [0.15, 0.2) is 6.20 Å². The van der Waals surface area contributed by atoms with Gasteiger partial charge in [0.1, 0.15) is 6.04 Å². The molecule has 1 aromatic heterocycles. The fourth-order valence-electron chi connectivity index (χ4n) is 3.70. The second-order valence-corrected chi connectivity index (χ2v) is 6.91. The van der Waals surface area contributed by atoms with Crippen LogP contribution in [0.3, 0.4) is 0 Å². The van der Waals surface area contributed by atoms with Crippen LogP contribution < -0.4 is 0 Å². The van der Waals surface area contributed by atoms with E-state index in [9.17, 15) is 14.7 Å². The number of nitrogens with zero attached hydrogens (tertiary/aromatic N) is 3. The minimum Gasteiger partial charge on any atom is -0.480 e. The number of amides is 1. The lowest BCUT2D eigenvalue weighted by Crippen LogP contribution is -2.49. The third-order valence-corrected chi connectivity index (χ3v) is 5.22. The zero-order chi connectivity index (χ0) is 17.3. The number of rotatable bonds is 3. The second-order valence-electron chi connectivity index (χ2n) is 6.91. The van der Waals surface area contributed by atoms with Gasteiger partial charge in [0.05, 0.1) is 17.8 Å². The summed E-state index contributed by atoms with van der Waals surface area (Å²) < 4.78 is 7.28. The molecule has 2 aliphatic rings. The molecule has 7 heteroatoms. The highest BCUT2D eigenvalue weighted by atomic mass is 16.5. The van der Waals surface area contributed by atoms with E-state index < -0.39 is 12.0 Å². The number of carbonyl (C=O) groups is 2. The quantitative estimate of drug-likeness (QED) is 0.911. The van der Waals surface area contributed by atoms with E-state index in [2.05, 4.69) is 5.10 Å². The minimum atomic E-state index is -0.927.